The fourth-order valence-electron chi connectivity index (χ4n) is 4.90. The average Bonchev–Trinajstić information content (AvgIpc) is 2.93. The van der Waals surface area contributed by atoms with Crippen LogP contribution in [-0.4, -0.2) is 84.2 Å². The van der Waals surface area contributed by atoms with Crippen molar-refractivity contribution in [2.24, 2.45) is 0 Å². The molecule has 10 nitrogen and oxygen atoms in total. The third kappa shape index (κ3) is 6.76. The van der Waals surface area contributed by atoms with E-state index in [4.69, 9.17) is 14.5 Å². The molecule has 3 heterocycles. The van der Waals surface area contributed by atoms with E-state index in [1.807, 2.05) is 49.9 Å². The van der Waals surface area contributed by atoms with Crippen LogP contribution in [0.4, 0.5) is 5.95 Å². The van der Waals surface area contributed by atoms with E-state index >= 15 is 0 Å². The number of carbonyl (C=O) groups is 1. The molecule has 12 heteroatoms. The van der Waals surface area contributed by atoms with Crippen molar-refractivity contribution in [1.29, 1.82) is 0 Å². The number of pyridine rings is 1. The topological polar surface area (TPSA) is 102 Å². The van der Waals surface area contributed by atoms with Gasteiger partial charge in [-0.25, -0.2) is 4.98 Å². The number of hydrogen-bond donors (Lipinski definition) is 1. The van der Waals surface area contributed by atoms with Gasteiger partial charge in [-0.3, -0.25) is 14.2 Å². The van der Waals surface area contributed by atoms with Crippen molar-refractivity contribution in [2.45, 2.75) is 38.8 Å². The van der Waals surface area contributed by atoms with Crippen LogP contribution in [0.25, 0.3) is 22.2 Å². The molecular weight excluding hydrogens is 656 g/mol. The van der Waals surface area contributed by atoms with Crippen molar-refractivity contribution in [3.05, 3.63) is 49.8 Å². The van der Waals surface area contributed by atoms with Crippen molar-refractivity contribution < 1.29 is 14.3 Å². The molecular formula is C29H36Br2N6O4. The Balaban J connectivity index is 1.83. The third-order valence-corrected chi connectivity index (χ3v) is 8.48. The summed E-state index contributed by atoms with van der Waals surface area (Å²) in [5.74, 6) is 1.51. The van der Waals surface area contributed by atoms with Crippen LogP contribution in [0.5, 0.6) is 11.5 Å². The van der Waals surface area contributed by atoms with Crippen LogP contribution in [0, 0.1) is 0 Å². The van der Waals surface area contributed by atoms with Crippen LogP contribution in [0.1, 0.15) is 32.7 Å². The number of likely N-dealkylation sites (tertiary alicyclic amines) is 1. The number of piperidine rings is 1. The molecule has 3 aromatic rings. The standard InChI is InChI=1S/C29H36Br2N6O4/c1-17(2)33-29-32-16-18-14-20(24-25(30)21(40-5)15-22(41-6)26(24)31)28(39)37(27(18)34-29)19-9-12-36(13-10-19)23(38)8-7-11-35(3)4/h7-8,14-17,19H,9-13H2,1-6H3,(H,32,33,34)/b8-7+. The molecule has 220 valence electrons. The minimum absolute atomic E-state index is 0.0154. The van der Waals surface area contributed by atoms with Gasteiger partial charge in [0.25, 0.3) is 5.56 Å². The predicted octanol–water partition coefficient (Wildman–Crippen LogP) is 5.10. The summed E-state index contributed by atoms with van der Waals surface area (Å²) in [4.78, 5) is 40.3. The van der Waals surface area contributed by atoms with E-state index in [0.717, 1.165) is 5.39 Å². The number of ether oxygens (including phenoxy) is 2. The summed E-state index contributed by atoms with van der Waals surface area (Å²) >= 11 is 7.30. The van der Waals surface area contributed by atoms with Gasteiger partial charge in [-0.2, -0.15) is 4.98 Å². The molecule has 1 aromatic carbocycles. The molecule has 1 aliphatic heterocycles. The maximum Gasteiger partial charge on any atom is 0.260 e. The minimum atomic E-state index is -0.195. The molecule has 0 radical (unpaired) electrons. The van der Waals surface area contributed by atoms with Gasteiger partial charge in [0.1, 0.15) is 17.1 Å². The third-order valence-electron chi connectivity index (χ3n) is 6.91. The molecule has 1 saturated heterocycles. The lowest BCUT2D eigenvalue weighted by atomic mass is 10.0. The molecule has 2 aromatic heterocycles. The minimum Gasteiger partial charge on any atom is -0.495 e. The Bertz CT molecular complexity index is 1490. The van der Waals surface area contributed by atoms with Gasteiger partial charge >= 0.3 is 0 Å². The van der Waals surface area contributed by atoms with E-state index in [0.29, 0.717) is 75.6 Å². The monoisotopic (exact) mass is 690 g/mol. The first kappa shape index (κ1) is 31.0. The number of methoxy groups -OCH3 is 2. The Labute approximate surface area is 257 Å². The number of likely N-dealkylation sites (N-methyl/N-ethyl adjacent to an activating group) is 1. The molecule has 0 bridgehead atoms. The molecule has 1 aliphatic rings. The number of fused-ring (bicyclic) bond motifs is 1. The quantitative estimate of drug-likeness (QED) is 0.310. The number of aromatic nitrogens is 3. The Morgan fingerprint density at radius 1 is 1.15 bits per heavy atom. The van der Waals surface area contributed by atoms with Crippen LogP contribution in [0.3, 0.4) is 0 Å². The van der Waals surface area contributed by atoms with Gasteiger partial charge in [0.2, 0.25) is 11.9 Å². The summed E-state index contributed by atoms with van der Waals surface area (Å²) in [6.45, 7) is 5.79. The van der Waals surface area contributed by atoms with Crippen molar-refractivity contribution in [3.8, 4) is 22.6 Å². The molecule has 41 heavy (non-hydrogen) atoms. The Morgan fingerprint density at radius 3 is 2.34 bits per heavy atom. The smallest absolute Gasteiger partial charge is 0.260 e. The summed E-state index contributed by atoms with van der Waals surface area (Å²) in [5.41, 5.74) is 1.42. The fourth-order valence-corrected chi connectivity index (χ4v) is 6.54. The Morgan fingerprint density at radius 2 is 1.78 bits per heavy atom. The number of nitrogens with zero attached hydrogens (tertiary/aromatic N) is 5. The van der Waals surface area contributed by atoms with Gasteiger partial charge in [-0.05, 0) is 78.7 Å². The van der Waals surface area contributed by atoms with Crippen LogP contribution in [0.2, 0.25) is 0 Å². The van der Waals surface area contributed by atoms with Crippen LogP contribution >= 0.6 is 31.9 Å². The Kier molecular flexibility index (Phi) is 10.1. The van der Waals surface area contributed by atoms with Gasteiger partial charge in [-0.15, -0.1) is 0 Å². The molecule has 0 aliphatic carbocycles. The molecule has 1 fully saturated rings. The number of carbonyl (C=O) groups excluding carboxylic acids is 1. The van der Waals surface area contributed by atoms with E-state index in [9.17, 15) is 9.59 Å². The summed E-state index contributed by atoms with van der Waals surface area (Å²) < 4.78 is 14.2. The largest absolute Gasteiger partial charge is 0.495 e. The number of amides is 1. The van der Waals surface area contributed by atoms with Crippen molar-refractivity contribution >= 4 is 54.7 Å². The number of nitrogens with one attached hydrogen (secondary N) is 1. The van der Waals surface area contributed by atoms with Crippen LogP contribution in [-0.2, 0) is 4.79 Å². The highest BCUT2D eigenvalue weighted by molar-refractivity contribution is 9.11. The summed E-state index contributed by atoms with van der Waals surface area (Å²) in [6, 6.07) is 3.53. The van der Waals surface area contributed by atoms with Gasteiger partial charge in [0, 0.05) is 61.0 Å². The van der Waals surface area contributed by atoms with E-state index in [2.05, 4.69) is 42.2 Å². The average molecular weight is 692 g/mol. The molecule has 0 unspecified atom stereocenters. The maximum absolute atomic E-state index is 14.4. The lowest BCUT2D eigenvalue weighted by molar-refractivity contribution is -0.127. The second kappa shape index (κ2) is 13.3. The molecule has 0 atom stereocenters. The zero-order valence-corrected chi connectivity index (χ0v) is 27.4. The first-order valence-electron chi connectivity index (χ1n) is 13.4. The predicted molar refractivity (Wildman–Crippen MR) is 169 cm³/mol. The summed E-state index contributed by atoms with van der Waals surface area (Å²) in [5, 5.41) is 3.96. The number of halogens is 2. The number of benzene rings is 1. The van der Waals surface area contributed by atoms with Crippen molar-refractivity contribution in [2.75, 3.05) is 53.3 Å². The van der Waals surface area contributed by atoms with Crippen LogP contribution < -0.4 is 20.3 Å². The molecule has 1 amide bonds. The molecule has 0 saturated carbocycles. The maximum atomic E-state index is 14.4. The highest BCUT2D eigenvalue weighted by Gasteiger charge is 2.28. The van der Waals surface area contributed by atoms with Gasteiger partial charge in [0.05, 0.1) is 28.7 Å². The highest BCUT2D eigenvalue weighted by atomic mass is 79.9. The zero-order valence-electron chi connectivity index (χ0n) is 24.2. The van der Waals surface area contributed by atoms with E-state index < -0.39 is 0 Å². The molecule has 4 rings (SSSR count). The van der Waals surface area contributed by atoms with E-state index in [1.165, 1.54) is 0 Å². The van der Waals surface area contributed by atoms with E-state index in [-0.39, 0.29) is 23.6 Å². The number of anilines is 1. The Hall–Kier alpha value is -2.96. The second-order valence-electron chi connectivity index (χ2n) is 10.5. The first-order chi connectivity index (χ1) is 19.5. The van der Waals surface area contributed by atoms with Gasteiger partial charge < -0.3 is 24.6 Å². The SMILES string of the molecule is COc1cc(OC)c(Br)c(-c2cc3cnc(NC(C)C)nc3n(C3CCN(C(=O)/C=C/CN(C)C)CC3)c2=O)c1Br. The fraction of sp³-hybridized carbons (Fsp3) is 0.448. The molecule has 0 spiro atoms. The van der Waals surface area contributed by atoms with Crippen molar-refractivity contribution in [1.82, 2.24) is 24.3 Å². The molecule has 1 N–H and O–H groups in total. The van der Waals surface area contributed by atoms with E-state index in [1.54, 1.807) is 37.1 Å². The zero-order chi connectivity index (χ0) is 29.8. The normalized spacial score (nSPS) is 14.4. The van der Waals surface area contributed by atoms with Gasteiger partial charge in [0.15, 0.2) is 0 Å². The number of hydrogen-bond acceptors (Lipinski definition) is 8. The number of rotatable bonds is 9. The summed E-state index contributed by atoms with van der Waals surface area (Å²) in [6.07, 6.45) is 6.47. The lowest BCUT2D eigenvalue weighted by Gasteiger charge is -2.33. The van der Waals surface area contributed by atoms with Crippen molar-refractivity contribution in [3.63, 3.8) is 0 Å². The van der Waals surface area contributed by atoms with Gasteiger partial charge in [-0.1, -0.05) is 6.08 Å². The first-order valence-corrected chi connectivity index (χ1v) is 15.0. The second-order valence-corrected chi connectivity index (χ2v) is 12.1. The van der Waals surface area contributed by atoms with Crippen LogP contribution in [0.15, 0.2) is 44.2 Å². The highest BCUT2D eigenvalue weighted by Crippen LogP contribution is 2.46. The lowest BCUT2D eigenvalue weighted by Crippen LogP contribution is -2.40. The summed E-state index contributed by atoms with van der Waals surface area (Å²) in [7, 11) is 7.05.